The third-order valence-electron chi connectivity index (χ3n) is 3.79. The minimum atomic E-state index is -5.19. The topological polar surface area (TPSA) is 95.9 Å². The summed E-state index contributed by atoms with van der Waals surface area (Å²) in [5.41, 5.74) is -3.89. The molecule has 0 spiro atoms. The van der Waals surface area contributed by atoms with Crippen LogP contribution < -0.4 is 5.32 Å². The van der Waals surface area contributed by atoms with E-state index in [9.17, 15) is 31.5 Å². The largest absolute Gasteiger partial charge is 0.426 e. The smallest absolute Gasteiger partial charge is 0.379 e. The van der Waals surface area contributed by atoms with Crippen LogP contribution in [0.1, 0.15) is 6.92 Å². The number of nitrogens with one attached hydrogen (secondary N) is 1. The minimum absolute atomic E-state index is 0.160. The Bertz CT molecular complexity index is 792. The van der Waals surface area contributed by atoms with E-state index in [0.29, 0.717) is 6.92 Å². The van der Waals surface area contributed by atoms with Crippen molar-refractivity contribution in [2.24, 2.45) is 0 Å². The van der Waals surface area contributed by atoms with Gasteiger partial charge in [-0.15, -0.1) is 0 Å². The van der Waals surface area contributed by atoms with Gasteiger partial charge in [-0.1, -0.05) is 11.6 Å². The number of hydrogen-bond acceptors (Lipinski definition) is 5. The number of nitrogens with zero attached hydrogens (tertiary/aromatic N) is 1. The average molecular weight is 417 g/mol. The fourth-order valence-corrected chi connectivity index (χ4v) is 3.79. The van der Waals surface area contributed by atoms with Gasteiger partial charge in [-0.2, -0.15) is 17.5 Å². The van der Waals surface area contributed by atoms with E-state index in [1.807, 2.05) is 5.32 Å². The number of ether oxygens (including phenoxy) is 1. The highest BCUT2D eigenvalue weighted by Gasteiger charge is 2.55. The quantitative estimate of drug-likeness (QED) is 0.777. The highest BCUT2D eigenvalue weighted by Crippen LogP contribution is 2.33. The maximum Gasteiger partial charge on any atom is 0.426 e. The van der Waals surface area contributed by atoms with Gasteiger partial charge in [-0.25, -0.2) is 8.42 Å². The SMILES string of the molecule is CC(O)(C(=O)Nc1ccc(S(=O)(=O)N2CCOCC2)cc1Cl)C(F)(F)F. The molecular weight excluding hydrogens is 401 g/mol. The Morgan fingerprint density at radius 3 is 2.38 bits per heavy atom. The summed E-state index contributed by atoms with van der Waals surface area (Å²) in [4.78, 5) is 11.5. The van der Waals surface area contributed by atoms with Crippen LogP contribution in [0.15, 0.2) is 23.1 Å². The molecule has 1 unspecified atom stereocenters. The van der Waals surface area contributed by atoms with Crippen LogP contribution in [-0.4, -0.2) is 61.8 Å². The van der Waals surface area contributed by atoms with Gasteiger partial charge < -0.3 is 15.2 Å². The Labute approximate surface area is 152 Å². The maximum absolute atomic E-state index is 12.7. The van der Waals surface area contributed by atoms with E-state index in [-0.39, 0.29) is 41.9 Å². The molecule has 0 radical (unpaired) electrons. The fraction of sp³-hybridized carbons (Fsp3) is 0.500. The number of carbonyl (C=O) groups is 1. The van der Waals surface area contributed by atoms with Crippen molar-refractivity contribution in [3.63, 3.8) is 0 Å². The Morgan fingerprint density at radius 2 is 1.88 bits per heavy atom. The molecule has 26 heavy (non-hydrogen) atoms. The number of sulfonamides is 1. The second-order valence-electron chi connectivity index (χ2n) is 5.68. The lowest BCUT2D eigenvalue weighted by Gasteiger charge is -2.26. The van der Waals surface area contributed by atoms with E-state index in [1.165, 1.54) is 4.31 Å². The van der Waals surface area contributed by atoms with Crippen molar-refractivity contribution in [3.05, 3.63) is 23.2 Å². The third-order valence-corrected chi connectivity index (χ3v) is 6.00. The van der Waals surface area contributed by atoms with Gasteiger partial charge in [0.25, 0.3) is 5.91 Å². The number of benzene rings is 1. The van der Waals surface area contributed by atoms with E-state index >= 15 is 0 Å². The number of rotatable bonds is 4. The van der Waals surface area contributed by atoms with Crippen molar-refractivity contribution in [1.29, 1.82) is 0 Å². The van der Waals surface area contributed by atoms with Crippen LogP contribution in [0.2, 0.25) is 5.02 Å². The fourth-order valence-electron chi connectivity index (χ4n) is 2.07. The predicted octanol–water partition coefficient (Wildman–Crippen LogP) is 1.61. The molecule has 1 fully saturated rings. The number of morpholine rings is 1. The van der Waals surface area contributed by atoms with Crippen LogP contribution >= 0.6 is 11.6 Å². The van der Waals surface area contributed by atoms with Crippen LogP contribution in [0.3, 0.4) is 0 Å². The summed E-state index contributed by atoms with van der Waals surface area (Å²) in [5, 5.41) is 10.9. The molecule has 1 heterocycles. The monoisotopic (exact) mass is 416 g/mol. The van der Waals surface area contributed by atoms with Crippen molar-refractivity contribution in [3.8, 4) is 0 Å². The standard InChI is InChI=1S/C14H16ClF3N2O5S/c1-13(22,14(16,17)18)12(21)19-11-3-2-9(8-10(11)15)26(23,24)20-4-6-25-7-5-20/h2-3,8,22H,4-7H2,1H3,(H,19,21). The van der Waals surface area contributed by atoms with Gasteiger partial charge in [0.05, 0.1) is 28.8 Å². The Hall–Kier alpha value is -1.40. The van der Waals surface area contributed by atoms with E-state index in [0.717, 1.165) is 18.2 Å². The first-order valence-electron chi connectivity index (χ1n) is 7.35. The highest BCUT2D eigenvalue weighted by molar-refractivity contribution is 7.89. The lowest BCUT2D eigenvalue weighted by molar-refractivity contribution is -0.242. The number of halogens is 4. The van der Waals surface area contributed by atoms with Gasteiger partial charge >= 0.3 is 6.18 Å². The first-order chi connectivity index (χ1) is 11.9. The second-order valence-corrected chi connectivity index (χ2v) is 8.03. The lowest BCUT2D eigenvalue weighted by Crippen LogP contribution is -2.52. The number of carbonyl (C=O) groups excluding carboxylic acids is 1. The summed E-state index contributed by atoms with van der Waals surface area (Å²) in [6, 6.07) is 3.18. The van der Waals surface area contributed by atoms with Crippen LogP contribution in [0.25, 0.3) is 0 Å². The molecule has 1 aromatic carbocycles. The Kier molecular flexibility index (Phi) is 5.88. The van der Waals surface area contributed by atoms with E-state index < -0.39 is 27.7 Å². The lowest BCUT2D eigenvalue weighted by atomic mass is 10.1. The van der Waals surface area contributed by atoms with Crippen LogP contribution in [0.4, 0.5) is 18.9 Å². The first kappa shape index (κ1) is 20.9. The molecule has 1 atom stereocenters. The molecule has 2 N–H and O–H groups in total. The predicted molar refractivity (Wildman–Crippen MR) is 86.3 cm³/mol. The maximum atomic E-state index is 12.7. The second kappa shape index (κ2) is 7.31. The number of aliphatic hydroxyl groups is 1. The van der Waals surface area contributed by atoms with Gasteiger partial charge in [0, 0.05) is 13.1 Å². The summed E-state index contributed by atoms with van der Waals surface area (Å²) in [7, 11) is -3.85. The molecular formula is C14H16ClF3N2O5S. The van der Waals surface area contributed by atoms with Gasteiger partial charge in [0.1, 0.15) is 0 Å². The normalized spacial score (nSPS) is 19.0. The average Bonchev–Trinajstić information content (AvgIpc) is 2.56. The number of amides is 1. The van der Waals surface area contributed by atoms with E-state index in [2.05, 4.69) is 0 Å². The Balaban J connectivity index is 2.23. The highest BCUT2D eigenvalue weighted by atomic mass is 35.5. The summed E-state index contributed by atoms with van der Waals surface area (Å²) >= 11 is 5.90. The zero-order chi connectivity index (χ0) is 19.8. The molecule has 1 aliphatic heterocycles. The summed E-state index contributed by atoms with van der Waals surface area (Å²) in [6.45, 7) is 1.11. The van der Waals surface area contributed by atoms with Crippen LogP contribution in [-0.2, 0) is 19.6 Å². The number of anilines is 1. The molecule has 0 saturated carbocycles. The van der Waals surface area contributed by atoms with E-state index in [1.54, 1.807) is 0 Å². The van der Waals surface area contributed by atoms with Crippen molar-refractivity contribution < 1.29 is 36.2 Å². The number of hydrogen-bond donors (Lipinski definition) is 2. The molecule has 12 heteroatoms. The molecule has 1 amide bonds. The first-order valence-corrected chi connectivity index (χ1v) is 9.17. The summed E-state index contributed by atoms with van der Waals surface area (Å²) < 4.78 is 69.3. The molecule has 7 nitrogen and oxygen atoms in total. The molecule has 0 aromatic heterocycles. The van der Waals surface area contributed by atoms with Crippen LogP contribution in [0, 0.1) is 0 Å². The summed E-state index contributed by atoms with van der Waals surface area (Å²) in [6.07, 6.45) is -5.19. The molecule has 2 rings (SSSR count). The molecule has 1 saturated heterocycles. The summed E-state index contributed by atoms with van der Waals surface area (Å²) in [5.74, 6) is -1.74. The van der Waals surface area contributed by atoms with Crippen LogP contribution in [0.5, 0.6) is 0 Å². The van der Waals surface area contributed by atoms with Gasteiger partial charge in [0.15, 0.2) is 0 Å². The van der Waals surface area contributed by atoms with Gasteiger partial charge in [-0.3, -0.25) is 4.79 Å². The zero-order valence-corrected chi connectivity index (χ0v) is 15.1. The molecule has 1 aliphatic rings. The Morgan fingerprint density at radius 1 is 1.31 bits per heavy atom. The number of alkyl halides is 3. The van der Waals surface area contributed by atoms with Crippen molar-refractivity contribution in [2.75, 3.05) is 31.6 Å². The third kappa shape index (κ3) is 4.12. The van der Waals surface area contributed by atoms with Crippen molar-refractivity contribution >= 4 is 33.2 Å². The zero-order valence-electron chi connectivity index (χ0n) is 13.5. The molecule has 0 bridgehead atoms. The van der Waals surface area contributed by atoms with Crippen molar-refractivity contribution in [2.45, 2.75) is 23.6 Å². The molecule has 146 valence electrons. The van der Waals surface area contributed by atoms with Crippen molar-refractivity contribution in [1.82, 2.24) is 4.31 Å². The molecule has 1 aromatic rings. The van der Waals surface area contributed by atoms with Gasteiger partial charge in [-0.05, 0) is 25.1 Å². The molecule has 0 aliphatic carbocycles. The van der Waals surface area contributed by atoms with E-state index in [4.69, 9.17) is 16.3 Å². The van der Waals surface area contributed by atoms with Gasteiger partial charge in [0.2, 0.25) is 15.6 Å². The minimum Gasteiger partial charge on any atom is -0.379 e.